The number of benzene rings is 1. The molecule has 1 aromatic carbocycles. The van der Waals surface area contributed by atoms with E-state index in [1.807, 2.05) is 6.92 Å². The summed E-state index contributed by atoms with van der Waals surface area (Å²) < 4.78 is 6.69. The van der Waals surface area contributed by atoms with E-state index >= 15 is 0 Å². The predicted octanol–water partition coefficient (Wildman–Crippen LogP) is 3.31. The van der Waals surface area contributed by atoms with Crippen molar-refractivity contribution >= 4 is 15.9 Å². The van der Waals surface area contributed by atoms with Crippen molar-refractivity contribution in [3.63, 3.8) is 0 Å². The summed E-state index contributed by atoms with van der Waals surface area (Å²) in [6.07, 6.45) is 2.31. The highest BCUT2D eigenvalue weighted by molar-refractivity contribution is 9.10. The molecule has 0 saturated carbocycles. The Hall–Kier alpha value is -1.33. The van der Waals surface area contributed by atoms with E-state index in [9.17, 15) is 0 Å². The molecule has 1 heterocycles. The topological polar surface area (TPSA) is 58.1 Å². The van der Waals surface area contributed by atoms with Gasteiger partial charge < -0.3 is 14.8 Å². The van der Waals surface area contributed by atoms with Gasteiger partial charge in [0.2, 0.25) is 0 Å². The van der Waals surface area contributed by atoms with Gasteiger partial charge in [-0.15, -0.1) is 0 Å². The zero-order chi connectivity index (χ0) is 14.9. The summed E-state index contributed by atoms with van der Waals surface area (Å²) in [7, 11) is 1.68. The number of hydrogen-bond donors (Lipinski definition) is 2. The number of aromatic amines is 1. The molecule has 0 spiro atoms. The molecule has 0 radical (unpaired) electrons. The van der Waals surface area contributed by atoms with Gasteiger partial charge in [0, 0.05) is 16.5 Å². The lowest BCUT2D eigenvalue weighted by molar-refractivity contribution is 0.297. The van der Waals surface area contributed by atoms with Crippen molar-refractivity contribution in [3.8, 4) is 17.0 Å². The van der Waals surface area contributed by atoms with Gasteiger partial charge in [-0.2, -0.15) is 0 Å². The van der Waals surface area contributed by atoms with Crippen LogP contribution >= 0.6 is 15.9 Å². The van der Waals surface area contributed by atoms with Crippen LogP contribution in [0.15, 0.2) is 10.7 Å². The van der Waals surface area contributed by atoms with E-state index in [1.54, 1.807) is 13.3 Å². The first-order chi connectivity index (χ1) is 9.51. The molecule has 2 rings (SSSR count). The average molecular weight is 339 g/mol. The molecule has 2 N–H and O–H groups in total. The first-order valence-corrected chi connectivity index (χ1v) is 7.28. The second-order valence-electron chi connectivity index (χ2n) is 4.81. The standard InChI is InChI=1S/C15H19BrN2O2/c1-8-9(2)15(20-4)13(10(3)14(8)16)11-7-17-12(18-11)5-6-19/h7,19H,5-6H2,1-4H3,(H,17,18). The minimum absolute atomic E-state index is 0.0830. The van der Waals surface area contributed by atoms with Gasteiger partial charge in [0.1, 0.15) is 11.6 Å². The van der Waals surface area contributed by atoms with Crippen LogP contribution < -0.4 is 4.74 Å². The van der Waals surface area contributed by atoms with Gasteiger partial charge in [0.05, 0.1) is 25.6 Å². The molecule has 0 aliphatic heterocycles. The first kappa shape index (κ1) is 15.1. The average Bonchev–Trinajstić information content (AvgIpc) is 2.89. The molecule has 20 heavy (non-hydrogen) atoms. The smallest absolute Gasteiger partial charge is 0.131 e. The number of imidazole rings is 1. The second kappa shape index (κ2) is 5.97. The number of aliphatic hydroxyl groups is 1. The Morgan fingerprint density at radius 1 is 1.25 bits per heavy atom. The molecule has 0 fully saturated rings. The van der Waals surface area contributed by atoms with Gasteiger partial charge in [0.25, 0.3) is 0 Å². The van der Waals surface area contributed by atoms with Crippen molar-refractivity contribution in [1.29, 1.82) is 0 Å². The summed E-state index contributed by atoms with van der Waals surface area (Å²) in [4.78, 5) is 7.54. The Morgan fingerprint density at radius 2 is 1.95 bits per heavy atom. The van der Waals surface area contributed by atoms with E-state index in [0.717, 1.165) is 38.4 Å². The summed E-state index contributed by atoms with van der Waals surface area (Å²) in [5.74, 6) is 1.64. The number of rotatable bonds is 4. The Kier molecular flexibility index (Phi) is 4.50. The van der Waals surface area contributed by atoms with Crippen LogP contribution in [0.4, 0.5) is 0 Å². The summed E-state index contributed by atoms with van der Waals surface area (Å²) in [5, 5.41) is 8.99. The Bertz CT molecular complexity index is 635. The number of nitrogens with one attached hydrogen (secondary N) is 1. The van der Waals surface area contributed by atoms with Crippen LogP contribution in [0.3, 0.4) is 0 Å². The maximum absolute atomic E-state index is 8.99. The van der Waals surface area contributed by atoms with Gasteiger partial charge in [-0.3, -0.25) is 0 Å². The zero-order valence-electron chi connectivity index (χ0n) is 12.2. The van der Waals surface area contributed by atoms with Gasteiger partial charge in [0.15, 0.2) is 0 Å². The molecule has 0 aliphatic carbocycles. The fraction of sp³-hybridized carbons (Fsp3) is 0.400. The lowest BCUT2D eigenvalue weighted by Crippen LogP contribution is -1.99. The third kappa shape index (κ3) is 2.47. The molecule has 4 nitrogen and oxygen atoms in total. The Morgan fingerprint density at radius 3 is 2.55 bits per heavy atom. The molecule has 2 aromatic rings. The fourth-order valence-corrected chi connectivity index (χ4v) is 2.88. The van der Waals surface area contributed by atoms with Crippen LogP contribution in [-0.2, 0) is 6.42 Å². The van der Waals surface area contributed by atoms with Crippen LogP contribution in [-0.4, -0.2) is 28.8 Å². The van der Waals surface area contributed by atoms with Crippen LogP contribution in [0.25, 0.3) is 11.3 Å². The largest absolute Gasteiger partial charge is 0.496 e. The van der Waals surface area contributed by atoms with Crippen LogP contribution in [0, 0.1) is 20.8 Å². The number of hydrogen-bond acceptors (Lipinski definition) is 3. The lowest BCUT2D eigenvalue weighted by Gasteiger charge is -2.18. The number of aromatic nitrogens is 2. The summed E-state index contributed by atoms with van der Waals surface area (Å²) in [6.45, 7) is 6.26. The maximum Gasteiger partial charge on any atom is 0.131 e. The minimum Gasteiger partial charge on any atom is -0.496 e. The first-order valence-electron chi connectivity index (χ1n) is 6.49. The normalized spacial score (nSPS) is 10.9. The van der Waals surface area contributed by atoms with E-state index in [0.29, 0.717) is 6.42 Å². The van der Waals surface area contributed by atoms with Crippen molar-refractivity contribution in [2.24, 2.45) is 0 Å². The minimum atomic E-state index is 0.0830. The van der Waals surface area contributed by atoms with E-state index < -0.39 is 0 Å². The van der Waals surface area contributed by atoms with Gasteiger partial charge >= 0.3 is 0 Å². The second-order valence-corrected chi connectivity index (χ2v) is 5.61. The number of nitrogens with zero attached hydrogens (tertiary/aromatic N) is 1. The molecule has 108 valence electrons. The highest BCUT2D eigenvalue weighted by atomic mass is 79.9. The van der Waals surface area contributed by atoms with E-state index in [-0.39, 0.29) is 6.61 Å². The van der Waals surface area contributed by atoms with E-state index in [2.05, 4.69) is 39.7 Å². The molecule has 5 heteroatoms. The Balaban J connectivity index is 2.65. The lowest BCUT2D eigenvalue weighted by atomic mass is 9.97. The van der Waals surface area contributed by atoms with Gasteiger partial charge in [-0.05, 0) is 37.5 Å². The molecule has 0 atom stereocenters. The third-order valence-electron chi connectivity index (χ3n) is 3.61. The number of H-pyrrole nitrogens is 1. The van der Waals surface area contributed by atoms with E-state index in [1.165, 1.54) is 5.56 Å². The Labute approximate surface area is 127 Å². The van der Waals surface area contributed by atoms with Crippen LogP contribution in [0.5, 0.6) is 5.75 Å². The van der Waals surface area contributed by atoms with Crippen molar-refractivity contribution < 1.29 is 9.84 Å². The van der Waals surface area contributed by atoms with Gasteiger partial charge in [-0.25, -0.2) is 4.98 Å². The van der Waals surface area contributed by atoms with Crippen molar-refractivity contribution in [3.05, 3.63) is 33.2 Å². The molecular formula is C15H19BrN2O2. The molecule has 0 saturated heterocycles. The van der Waals surface area contributed by atoms with Crippen LogP contribution in [0.2, 0.25) is 0 Å². The molecule has 0 aliphatic rings. The number of methoxy groups -OCH3 is 1. The highest BCUT2D eigenvalue weighted by Crippen LogP contribution is 2.41. The molecule has 0 amide bonds. The fourth-order valence-electron chi connectivity index (χ4n) is 2.39. The molecule has 0 bridgehead atoms. The SMILES string of the molecule is COc1c(C)c(C)c(Br)c(C)c1-c1cnc(CCO)[nH]1. The van der Waals surface area contributed by atoms with Gasteiger partial charge in [-0.1, -0.05) is 15.9 Å². The third-order valence-corrected chi connectivity index (χ3v) is 4.80. The van der Waals surface area contributed by atoms with Crippen molar-refractivity contribution in [2.45, 2.75) is 27.2 Å². The molecule has 1 aromatic heterocycles. The van der Waals surface area contributed by atoms with Crippen molar-refractivity contribution in [1.82, 2.24) is 9.97 Å². The van der Waals surface area contributed by atoms with Crippen molar-refractivity contribution in [2.75, 3.05) is 13.7 Å². The van der Waals surface area contributed by atoms with E-state index in [4.69, 9.17) is 9.84 Å². The maximum atomic E-state index is 8.99. The monoisotopic (exact) mass is 338 g/mol. The number of halogens is 1. The highest BCUT2D eigenvalue weighted by Gasteiger charge is 2.19. The van der Waals surface area contributed by atoms with Crippen LogP contribution in [0.1, 0.15) is 22.5 Å². The predicted molar refractivity (Wildman–Crippen MR) is 83.3 cm³/mol. The summed E-state index contributed by atoms with van der Waals surface area (Å²) in [6, 6.07) is 0. The summed E-state index contributed by atoms with van der Waals surface area (Å²) in [5.41, 5.74) is 5.33. The number of ether oxygens (including phenoxy) is 1. The molecule has 0 unspecified atom stereocenters. The molecular weight excluding hydrogens is 320 g/mol. The summed E-state index contributed by atoms with van der Waals surface area (Å²) >= 11 is 3.65. The zero-order valence-corrected chi connectivity index (χ0v) is 13.8. The number of aliphatic hydroxyl groups excluding tert-OH is 1. The quantitative estimate of drug-likeness (QED) is 0.899.